The summed E-state index contributed by atoms with van der Waals surface area (Å²) in [5, 5.41) is 7.21. The number of aromatic nitrogens is 2. The van der Waals surface area contributed by atoms with Gasteiger partial charge < -0.3 is 20.4 Å². The highest BCUT2D eigenvalue weighted by Gasteiger charge is 2.24. The van der Waals surface area contributed by atoms with Crippen LogP contribution in [0.25, 0.3) is 0 Å². The van der Waals surface area contributed by atoms with E-state index in [4.69, 9.17) is 22.2 Å². The second-order valence-electron chi connectivity index (χ2n) is 8.67. The second-order valence-corrected chi connectivity index (χ2v) is 9.08. The second kappa shape index (κ2) is 8.17. The minimum atomic E-state index is 0.526. The summed E-state index contributed by atoms with van der Waals surface area (Å²) in [5.74, 6) is 4.10. The molecular weight excluding hydrogens is 356 g/mol. The maximum absolute atomic E-state index is 5.46. The molecule has 148 valence electrons. The van der Waals surface area contributed by atoms with Gasteiger partial charge in [-0.05, 0) is 62.6 Å². The molecule has 3 fully saturated rings. The molecule has 2 N–H and O–H groups in total. The predicted octanol–water partition coefficient (Wildman–Crippen LogP) is 3.40. The Labute approximate surface area is 168 Å². The van der Waals surface area contributed by atoms with E-state index in [2.05, 4.69) is 40.3 Å². The number of rotatable bonds is 4. The first-order chi connectivity index (χ1) is 13.1. The smallest absolute Gasteiger partial charge is 0.232 e. The number of nitrogens with one attached hydrogen (secondary N) is 2. The monoisotopic (exact) mass is 388 g/mol. The third-order valence-corrected chi connectivity index (χ3v) is 6.02. The van der Waals surface area contributed by atoms with Crippen molar-refractivity contribution < 1.29 is 0 Å². The molecule has 2 atom stereocenters. The zero-order valence-electron chi connectivity index (χ0n) is 16.6. The van der Waals surface area contributed by atoms with Crippen LogP contribution in [0, 0.1) is 11.8 Å². The van der Waals surface area contributed by atoms with E-state index in [-0.39, 0.29) is 0 Å². The number of nitrogens with zero attached hydrogens (tertiary/aromatic N) is 4. The van der Waals surface area contributed by atoms with E-state index in [0.29, 0.717) is 28.9 Å². The van der Waals surface area contributed by atoms with Gasteiger partial charge in [0.15, 0.2) is 5.11 Å². The van der Waals surface area contributed by atoms with Crippen molar-refractivity contribution in [3.05, 3.63) is 6.07 Å². The first-order valence-electron chi connectivity index (χ1n) is 10.5. The van der Waals surface area contributed by atoms with E-state index >= 15 is 0 Å². The van der Waals surface area contributed by atoms with E-state index in [1.807, 2.05) is 0 Å². The van der Waals surface area contributed by atoms with Gasteiger partial charge in [0.1, 0.15) is 11.6 Å². The number of piperidine rings is 2. The Hall–Kier alpha value is -1.63. The minimum absolute atomic E-state index is 0.526. The summed E-state index contributed by atoms with van der Waals surface area (Å²) in [6, 6.07) is 2.71. The molecule has 1 aromatic heterocycles. The molecule has 4 rings (SSSR count). The first-order valence-corrected chi connectivity index (χ1v) is 10.9. The molecule has 3 heterocycles. The highest BCUT2D eigenvalue weighted by molar-refractivity contribution is 7.80. The van der Waals surface area contributed by atoms with Gasteiger partial charge in [0.25, 0.3) is 0 Å². The molecule has 27 heavy (non-hydrogen) atoms. The van der Waals surface area contributed by atoms with Crippen LogP contribution in [-0.4, -0.2) is 47.3 Å². The quantitative estimate of drug-likeness (QED) is 0.767. The Morgan fingerprint density at radius 2 is 1.52 bits per heavy atom. The Bertz CT molecular complexity index is 636. The van der Waals surface area contributed by atoms with Crippen molar-refractivity contribution in [3.63, 3.8) is 0 Å². The Kier molecular flexibility index (Phi) is 5.66. The van der Waals surface area contributed by atoms with Crippen LogP contribution in [0.4, 0.5) is 17.6 Å². The molecule has 0 amide bonds. The molecule has 7 heteroatoms. The summed E-state index contributed by atoms with van der Waals surface area (Å²) >= 11 is 5.46. The van der Waals surface area contributed by atoms with Crippen LogP contribution in [0.3, 0.4) is 0 Å². The highest BCUT2D eigenvalue weighted by atomic mass is 32.1. The van der Waals surface area contributed by atoms with Gasteiger partial charge in [-0.3, -0.25) is 0 Å². The fourth-order valence-electron chi connectivity index (χ4n) is 4.15. The molecule has 3 aliphatic rings. The van der Waals surface area contributed by atoms with Crippen LogP contribution >= 0.6 is 12.2 Å². The van der Waals surface area contributed by atoms with Crippen molar-refractivity contribution in [3.8, 4) is 0 Å². The summed E-state index contributed by atoms with van der Waals surface area (Å²) in [6.45, 7) is 8.93. The molecule has 1 aromatic rings. The van der Waals surface area contributed by atoms with E-state index in [9.17, 15) is 0 Å². The summed E-state index contributed by atoms with van der Waals surface area (Å²) in [5.41, 5.74) is 0. The van der Waals surface area contributed by atoms with Crippen LogP contribution in [-0.2, 0) is 0 Å². The van der Waals surface area contributed by atoms with Crippen molar-refractivity contribution in [1.82, 2.24) is 15.3 Å². The van der Waals surface area contributed by atoms with E-state index in [0.717, 1.165) is 37.8 Å². The average Bonchev–Trinajstić information content (AvgIpc) is 3.45. The third-order valence-electron chi connectivity index (χ3n) is 5.80. The van der Waals surface area contributed by atoms with Gasteiger partial charge in [-0.1, -0.05) is 13.8 Å². The fourth-order valence-corrected chi connectivity index (χ4v) is 4.41. The van der Waals surface area contributed by atoms with Gasteiger partial charge in [-0.15, -0.1) is 0 Å². The van der Waals surface area contributed by atoms with Crippen molar-refractivity contribution in [2.45, 2.75) is 58.4 Å². The zero-order chi connectivity index (χ0) is 18.8. The predicted molar refractivity (Wildman–Crippen MR) is 116 cm³/mol. The fraction of sp³-hybridized carbons (Fsp3) is 0.750. The first kappa shape index (κ1) is 18.7. The summed E-state index contributed by atoms with van der Waals surface area (Å²) in [7, 11) is 0. The number of hydrogen-bond acceptors (Lipinski definition) is 5. The number of thiocarbonyl (C=S) groups is 1. The van der Waals surface area contributed by atoms with Crippen molar-refractivity contribution in [2.24, 2.45) is 11.8 Å². The minimum Gasteiger partial charge on any atom is -0.360 e. The zero-order valence-corrected chi connectivity index (χ0v) is 17.4. The van der Waals surface area contributed by atoms with E-state index in [1.54, 1.807) is 0 Å². The Morgan fingerprint density at radius 3 is 2.00 bits per heavy atom. The molecular formula is C20H32N6S. The Balaban J connectivity index is 1.57. The van der Waals surface area contributed by atoms with Crippen molar-refractivity contribution >= 4 is 34.9 Å². The molecule has 0 unspecified atom stereocenters. The third kappa shape index (κ3) is 5.00. The SMILES string of the molecule is C[C@H]1CCCN(c2cc(N3CCC[C@H](C)C3)nc(NC(=S)NC3CC3)n2)C1. The lowest BCUT2D eigenvalue weighted by molar-refractivity contribution is 0.441. The number of hydrogen-bond donors (Lipinski definition) is 2. The molecule has 0 radical (unpaired) electrons. The van der Waals surface area contributed by atoms with Gasteiger partial charge in [-0.2, -0.15) is 9.97 Å². The maximum Gasteiger partial charge on any atom is 0.232 e. The largest absolute Gasteiger partial charge is 0.360 e. The van der Waals surface area contributed by atoms with Crippen LogP contribution in [0.15, 0.2) is 6.07 Å². The topological polar surface area (TPSA) is 56.3 Å². The standard InChI is InChI=1S/C20H32N6S/c1-14-5-3-9-25(12-14)17-11-18(26-10-4-6-15(2)13-26)23-19(22-17)24-20(27)21-16-7-8-16/h11,14-16H,3-10,12-13H2,1-2H3,(H2,21,22,23,24,27)/t14-,15-/m0/s1. The molecule has 0 bridgehead atoms. The molecule has 6 nitrogen and oxygen atoms in total. The van der Waals surface area contributed by atoms with Crippen molar-refractivity contribution in [2.75, 3.05) is 41.3 Å². The molecule has 0 aromatic carbocycles. The molecule has 0 spiro atoms. The van der Waals surface area contributed by atoms with Gasteiger partial charge in [0.05, 0.1) is 0 Å². The van der Waals surface area contributed by atoms with Crippen molar-refractivity contribution in [1.29, 1.82) is 0 Å². The highest BCUT2D eigenvalue weighted by Crippen LogP contribution is 2.28. The van der Waals surface area contributed by atoms with Crippen LogP contribution in [0.5, 0.6) is 0 Å². The molecule has 1 aliphatic carbocycles. The lowest BCUT2D eigenvalue weighted by Crippen LogP contribution is -2.37. The average molecular weight is 389 g/mol. The van der Waals surface area contributed by atoms with Crippen LogP contribution < -0.4 is 20.4 Å². The molecule has 2 saturated heterocycles. The summed E-state index contributed by atoms with van der Waals surface area (Å²) < 4.78 is 0. The lowest BCUT2D eigenvalue weighted by Gasteiger charge is -2.35. The summed E-state index contributed by atoms with van der Waals surface area (Å²) in [4.78, 5) is 14.5. The Morgan fingerprint density at radius 1 is 0.963 bits per heavy atom. The normalized spacial score (nSPS) is 26.0. The van der Waals surface area contributed by atoms with E-state index < -0.39 is 0 Å². The van der Waals surface area contributed by atoms with Gasteiger partial charge >= 0.3 is 0 Å². The van der Waals surface area contributed by atoms with Gasteiger partial charge in [0, 0.05) is 38.3 Å². The van der Waals surface area contributed by atoms with Gasteiger partial charge in [-0.25, -0.2) is 0 Å². The number of anilines is 3. The van der Waals surface area contributed by atoms with Crippen LogP contribution in [0.1, 0.15) is 52.4 Å². The lowest BCUT2D eigenvalue weighted by atomic mass is 10.00. The molecule has 2 aliphatic heterocycles. The van der Waals surface area contributed by atoms with Crippen LogP contribution in [0.2, 0.25) is 0 Å². The summed E-state index contributed by atoms with van der Waals surface area (Å²) in [6.07, 6.45) is 7.46. The van der Waals surface area contributed by atoms with E-state index in [1.165, 1.54) is 38.5 Å². The molecule has 1 saturated carbocycles. The maximum atomic E-state index is 5.46. The van der Waals surface area contributed by atoms with Gasteiger partial charge in [0.2, 0.25) is 5.95 Å².